The van der Waals surface area contributed by atoms with Crippen LogP contribution in [0.4, 0.5) is 5.69 Å². The minimum absolute atomic E-state index is 0.106. The Labute approximate surface area is 126 Å². The number of ether oxygens (including phenoxy) is 1. The molecule has 0 radical (unpaired) electrons. The molecule has 0 saturated carbocycles. The molecule has 0 aliphatic rings. The maximum atomic E-state index is 12.1. The summed E-state index contributed by atoms with van der Waals surface area (Å²) in [5.41, 5.74) is 0.496. The van der Waals surface area contributed by atoms with Gasteiger partial charge in [0.2, 0.25) is 5.78 Å². The minimum Gasteiger partial charge on any atom is -0.451 e. The molecule has 2 rings (SSSR count). The molecule has 0 bridgehead atoms. The molecule has 0 fully saturated rings. The first-order valence-corrected chi connectivity index (χ1v) is 6.53. The van der Waals surface area contributed by atoms with Gasteiger partial charge >= 0.3 is 5.97 Å². The second-order valence-electron chi connectivity index (χ2n) is 4.58. The van der Waals surface area contributed by atoms with Gasteiger partial charge in [0.25, 0.3) is 5.69 Å². The van der Waals surface area contributed by atoms with Crippen LogP contribution in [0.3, 0.4) is 0 Å². The molecule has 2 aromatic carbocycles. The SMILES string of the molecule is CC(OC(=O)c1ccccc1)C(=O)c1ccc([N+](=O)[O-])cc1. The Bertz CT molecular complexity index is 694. The summed E-state index contributed by atoms with van der Waals surface area (Å²) in [5, 5.41) is 10.6. The Balaban J connectivity index is 2.06. The first kappa shape index (κ1) is 15.4. The molecule has 0 aliphatic heterocycles. The van der Waals surface area contributed by atoms with E-state index in [4.69, 9.17) is 4.74 Å². The van der Waals surface area contributed by atoms with Gasteiger partial charge in [0.05, 0.1) is 10.5 Å². The molecule has 0 aromatic heterocycles. The quantitative estimate of drug-likeness (QED) is 0.366. The Morgan fingerprint density at radius 3 is 2.14 bits per heavy atom. The maximum Gasteiger partial charge on any atom is 0.338 e. The molecule has 0 N–H and O–H groups in total. The summed E-state index contributed by atoms with van der Waals surface area (Å²) in [5.74, 6) is -1.01. The van der Waals surface area contributed by atoms with Crippen molar-refractivity contribution < 1.29 is 19.2 Å². The molecule has 2 aromatic rings. The number of nitro benzene ring substituents is 1. The molecule has 0 heterocycles. The van der Waals surface area contributed by atoms with Crippen LogP contribution < -0.4 is 0 Å². The fraction of sp³-hybridized carbons (Fsp3) is 0.125. The smallest absolute Gasteiger partial charge is 0.338 e. The summed E-state index contributed by atoms with van der Waals surface area (Å²) in [6.45, 7) is 1.46. The molecule has 0 saturated heterocycles. The number of Topliss-reactive ketones (excluding diaryl/α,β-unsaturated/α-hetero) is 1. The average Bonchev–Trinajstić information content (AvgIpc) is 2.55. The van der Waals surface area contributed by atoms with E-state index in [2.05, 4.69) is 0 Å². The highest BCUT2D eigenvalue weighted by molar-refractivity contribution is 6.01. The van der Waals surface area contributed by atoms with Crippen molar-refractivity contribution in [2.75, 3.05) is 0 Å². The zero-order valence-electron chi connectivity index (χ0n) is 11.8. The van der Waals surface area contributed by atoms with Crippen molar-refractivity contribution >= 4 is 17.4 Å². The lowest BCUT2D eigenvalue weighted by atomic mass is 10.1. The molecule has 0 spiro atoms. The lowest BCUT2D eigenvalue weighted by Crippen LogP contribution is -2.24. The summed E-state index contributed by atoms with van der Waals surface area (Å²) in [6.07, 6.45) is -0.978. The van der Waals surface area contributed by atoms with Crippen LogP contribution >= 0.6 is 0 Å². The van der Waals surface area contributed by atoms with Crippen molar-refractivity contribution in [1.29, 1.82) is 0 Å². The van der Waals surface area contributed by atoms with Crippen LogP contribution in [0.1, 0.15) is 27.6 Å². The van der Waals surface area contributed by atoms with Gasteiger partial charge in [-0.25, -0.2) is 4.79 Å². The molecule has 6 heteroatoms. The molecule has 112 valence electrons. The van der Waals surface area contributed by atoms with Crippen LogP contribution in [-0.4, -0.2) is 22.8 Å². The van der Waals surface area contributed by atoms with E-state index in [0.717, 1.165) is 0 Å². The first-order chi connectivity index (χ1) is 10.5. The predicted molar refractivity (Wildman–Crippen MR) is 78.7 cm³/mol. The summed E-state index contributed by atoms with van der Waals surface area (Å²) < 4.78 is 5.11. The second kappa shape index (κ2) is 6.62. The third-order valence-corrected chi connectivity index (χ3v) is 3.03. The summed E-state index contributed by atoms with van der Waals surface area (Å²) in [7, 11) is 0. The van der Waals surface area contributed by atoms with E-state index in [1.165, 1.54) is 31.2 Å². The van der Waals surface area contributed by atoms with Crippen LogP contribution in [0.5, 0.6) is 0 Å². The number of carbonyl (C=O) groups excluding carboxylic acids is 2. The fourth-order valence-corrected chi connectivity index (χ4v) is 1.84. The number of ketones is 1. The molecule has 1 unspecified atom stereocenters. The highest BCUT2D eigenvalue weighted by atomic mass is 16.6. The molecular weight excluding hydrogens is 286 g/mol. The van der Waals surface area contributed by atoms with E-state index in [-0.39, 0.29) is 11.3 Å². The van der Waals surface area contributed by atoms with Gasteiger partial charge < -0.3 is 4.74 Å². The number of hydrogen-bond donors (Lipinski definition) is 0. The van der Waals surface area contributed by atoms with E-state index >= 15 is 0 Å². The maximum absolute atomic E-state index is 12.1. The van der Waals surface area contributed by atoms with Gasteiger partial charge in [-0.15, -0.1) is 0 Å². The molecular formula is C16H13NO5. The second-order valence-corrected chi connectivity index (χ2v) is 4.58. The van der Waals surface area contributed by atoms with E-state index in [0.29, 0.717) is 5.56 Å². The minimum atomic E-state index is -0.978. The van der Waals surface area contributed by atoms with E-state index < -0.39 is 22.8 Å². The fourth-order valence-electron chi connectivity index (χ4n) is 1.84. The molecule has 6 nitrogen and oxygen atoms in total. The standard InChI is InChI=1S/C16H13NO5/c1-11(22-16(19)13-5-3-2-4-6-13)15(18)12-7-9-14(10-8-12)17(20)21/h2-11H,1H3. The highest BCUT2D eigenvalue weighted by Crippen LogP contribution is 2.15. The van der Waals surface area contributed by atoms with Gasteiger partial charge in [-0.05, 0) is 31.2 Å². The molecule has 22 heavy (non-hydrogen) atoms. The number of nitro groups is 1. The van der Waals surface area contributed by atoms with Crippen molar-refractivity contribution in [3.8, 4) is 0 Å². The van der Waals surface area contributed by atoms with Gasteiger partial charge in [-0.3, -0.25) is 14.9 Å². The lowest BCUT2D eigenvalue weighted by molar-refractivity contribution is -0.384. The number of carbonyl (C=O) groups is 2. The number of rotatable bonds is 5. The van der Waals surface area contributed by atoms with Crippen molar-refractivity contribution in [1.82, 2.24) is 0 Å². The third-order valence-electron chi connectivity index (χ3n) is 3.03. The average molecular weight is 299 g/mol. The monoisotopic (exact) mass is 299 g/mol. The van der Waals surface area contributed by atoms with Crippen molar-refractivity contribution in [3.63, 3.8) is 0 Å². The predicted octanol–water partition coefficient (Wildman–Crippen LogP) is 3.02. The summed E-state index contributed by atoms with van der Waals surface area (Å²) in [4.78, 5) is 34.0. The number of benzene rings is 2. The van der Waals surface area contributed by atoms with Crippen LogP contribution in [-0.2, 0) is 4.74 Å². The van der Waals surface area contributed by atoms with Crippen molar-refractivity contribution in [2.45, 2.75) is 13.0 Å². The van der Waals surface area contributed by atoms with Crippen LogP contribution in [0.2, 0.25) is 0 Å². The van der Waals surface area contributed by atoms with Crippen molar-refractivity contribution in [3.05, 3.63) is 75.8 Å². The lowest BCUT2D eigenvalue weighted by Gasteiger charge is -2.12. The molecule has 1 atom stereocenters. The van der Waals surface area contributed by atoms with Crippen LogP contribution in [0, 0.1) is 10.1 Å². The highest BCUT2D eigenvalue weighted by Gasteiger charge is 2.20. The third kappa shape index (κ3) is 3.54. The number of hydrogen-bond acceptors (Lipinski definition) is 5. The number of nitrogens with zero attached hydrogens (tertiary/aromatic N) is 1. The molecule has 0 amide bonds. The summed E-state index contributed by atoms with van der Waals surface area (Å²) >= 11 is 0. The van der Waals surface area contributed by atoms with Gasteiger partial charge in [0.15, 0.2) is 6.10 Å². The van der Waals surface area contributed by atoms with Gasteiger partial charge in [-0.2, -0.15) is 0 Å². The van der Waals surface area contributed by atoms with Crippen LogP contribution in [0.15, 0.2) is 54.6 Å². The summed E-state index contributed by atoms with van der Waals surface area (Å²) in [6, 6.07) is 13.5. The largest absolute Gasteiger partial charge is 0.451 e. The van der Waals surface area contributed by atoms with Crippen LogP contribution in [0.25, 0.3) is 0 Å². The number of non-ortho nitro benzene ring substituents is 1. The zero-order chi connectivity index (χ0) is 16.1. The number of esters is 1. The molecule has 0 aliphatic carbocycles. The Kier molecular flexibility index (Phi) is 4.63. The normalized spacial score (nSPS) is 11.5. The topological polar surface area (TPSA) is 86.5 Å². The zero-order valence-corrected chi connectivity index (χ0v) is 11.8. The van der Waals surface area contributed by atoms with E-state index in [1.807, 2.05) is 0 Å². The van der Waals surface area contributed by atoms with E-state index in [9.17, 15) is 19.7 Å². The Morgan fingerprint density at radius 2 is 1.59 bits per heavy atom. The van der Waals surface area contributed by atoms with E-state index in [1.54, 1.807) is 30.3 Å². The van der Waals surface area contributed by atoms with Gasteiger partial charge in [0, 0.05) is 17.7 Å². The first-order valence-electron chi connectivity index (χ1n) is 6.53. The van der Waals surface area contributed by atoms with Crippen molar-refractivity contribution in [2.24, 2.45) is 0 Å². The van der Waals surface area contributed by atoms with Gasteiger partial charge in [0.1, 0.15) is 0 Å². The Hall–Kier alpha value is -3.02. The Morgan fingerprint density at radius 1 is 1.00 bits per heavy atom. The van der Waals surface area contributed by atoms with Gasteiger partial charge in [-0.1, -0.05) is 18.2 Å².